The van der Waals surface area contributed by atoms with Gasteiger partial charge in [0, 0.05) is 11.6 Å². The molecule has 0 spiro atoms. The number of nitrogens with two attached hydrogens (primary N) is 1. The second-order valence-corrected chi connectivity index (χ2v) is 3.58. The van der Waals surface area contributed by atoms with Gasteiger partial charge in [0.15, 0.2) is 5.17 Å². The molecule has 1 heterocycles. The normalized spacial score (nSPS) is 9.60. The van der Waals surface area contributed by atoms with Gasteiger partial charge in [0.25, 0.3) is 0 Å². The van der Waals surface area contributed by atoms with Crippen LogP contribution < -0.4 is 5.73 Å². The van der Waals surface area contributed by atoms with E-state index in [4.69, 9.17) is 11.1 Å². The second kappa shape index (κ2) is 3.58. The van der Waals surface area contributed by atoms with Gasteiger partial charge in [0.1, 0.15) is 5.01 Å². The highest BCUT2D eigenvalue weighted by Gasteiger charge is 1.95. The Morgan fingerprint density at radius 1 is 1.90 bits per heavy atom. The lowest BCUT2D eigenvalue weighted by molar-refractivity contribution is 1.27. The van der Waals surface area contributed by atoms with Crippen molar-refractivity contribution >= 4 is 28.3 Å². The quantitative estimate of drug-likeness (QED) is 0.523. The van der Waals surface area contributed by atoms with E-state index in [2.05, 4.69) is 4.98 Å². The molecule has 0 fully saturated rings. The molecule has 1 aromatic heterocycles. The molecule has 0 aliphatic carbocycles. The molecule has 0 amide bonds. The van der Waals surface area contributed by atoms with Crippen LogP contribution in [-0.4, -0.2) is 10.2 Å². The minimum absolute atomic E-state index is 0.148. The highest BCUT2D eigenvalue weighted by atomic mass is 32.2. The molecule has 0 aliphatic rings. The van der Waals surface area contributed by atoms with Crippen molar-refractivity contribution in [3.8, 4) is 0 Å². The Balaban J connectivity index is 2.35. The number of hydrogen-bond acceptors (Lipinski definition) is 4. The molecule has 10 heavy (non-hydrogen) atoms. The molecule has 0 saturated carbocycles. The van der Waals surface area contributed by atoms with Crippen molar-refractivity contribution in [3.05, 3.63) is 16.6 Å². The molecule has 0 aromatic carbocycles. The molecular weight excluding hydrogens is 166 g/mol. The van der Waals surface area contributed by atoms with Crippen LogP contribution in [-0.2, 0) is 5.75 Å². The first-order valence-electron chi connectivity index (χ1n) is 2.64. The smallest absolute Gasteiger partial charge is 0.151 e. The van der Waals surface area contributed by atoms with Gasteiger partial charge in [0.05, 0.1) is 5.75 Å². The SMILES string of the molecule is N=C(N)SCc1nccs1. The number of aromatic nitrogens is 1. The molecule has 3 N–H and O–H groups in total. The second-order valence-electron chi connectivity index (χ2n) is 1.58. The Kier molecular flexibility index (Phi) is 2.70. The van der Waals surface area contributed by atoms with E-state index in [1.807, 2.05) is 5.38 Å². The molecule has 1 rings (SSSR count). The predicted octanol–water partition coefficient (Wildman–Crippen LogP) is 1.27. The van der Waals surface area contributed by atoms with Crippen LogP contribution in [0.15, 0.2) is 11.6 Å². The maximum absolute atomic E-state index is 6.91. The third-order valence-corrected chi connectivity index (χ3v) is 2.53. The van der Waals surface area contributed by atoms with E-state index in [0.29, 0.717) is 5.75 Å². The monoisotopic (exact) mass is 173 g/mol. The summed E-state index contributed by atoms with van der Waals surface area (Å²) in [5.41, 5.74) is 5.13. The van der Waals surface area contributed by atoms with Gasteiger partial charge in [-0.25, -0.2) is 4.98 Å². The number of rotatable bonds is 2. The molecule has 54 valence electrons. The van der Waals surface area contributed by atoms with Gasteiger partial charge in [-0.2, -0.15) is 0 Å². The fourth-order valence-corrected chi connectivity index (χ4v) is 1.67. The first-order valence-corrected chi connectivity index (χ1v) is 4.51. The number of nitrogens with zero attached hydrogens (tertiary/aromatic N) is 1. The largest absolute Gasteiger partial charge is 0.379 e. The molecule has 0 radical (unpaired) electrons. The first-order chi connectivity index (χ1) is 4.79. The summed E-state index contributed by atoms with van der Waals surface area (Å²) in [6.07, 6.45) is 1.75. The van der Waals surface area contributed by atoms with Crippen molar-refractivity contribution in [2.24, 2.45) is 5.73 Å². The first kappa shape index (κ1) is 7.56. The van der Waals surface area contributed by atoms with Crippen molar-refractivity contribution < 1.29 is 0 Å². The number of amidine groups is 1. The highest BCUT2D eigenvalue weighted by Crippen LogP contribution is 2.12. The summed E-state index contributed by atoms with van der Waals surface area (Å²) in [4.78, 5) is 4.03. The van der Waals surface area contributed by atoms with Gasteiger partial charge in [-0.15, -0.1) is 11.3 Å². The van der Waals surface area contributed by atoms with E-state index in [-0.39, 0.29) is 5.17 Å². The molecule has 0 saturated heterocycles. The Morgan fingerprint density at radius 3 is 3.20 bits per heavy atom. The van der Waals surface area contributed by atoms with E-state index < -0.39 is 0 Å². The van der Waals surface area contributed by atoms with E-state index in [9.17, 15) is 0 Å². The summed E-state index contributed by atoms with van der Waals surface area (Å²) in [5, 5.41) is 9.99. The van der Waals surface area contributed by atoms with Crippen molar-refractivity contribution in [3.63, 3.8) is 0 Å². The molecule has 0 atom stereocenters. The van der Waals surface area contributed by atoms with Gasteiger partial charge < -0.3 is 5.73 Å². The maximum Gasteiger partial charge on any atom is 0.151 e. The van der Waals surface area contributed by atoms with Crippen LogP contribution in [0.25, 0.3) is 0 Å². The predicted molar refractivity (Wildman–Crippen MR) is 45.3 cm³/mol. The Bertz CT molecular complexity index is 207. The van der Waals surface area contributed by atoms with Gasteiger partial charge >= 0.3 is 0 Å². The minimum Gasteiger partial charge on any atom is -0.379 e. The van der Waals surface area contributed by atoms with Crippen LogP contribution in [0.2, 0.25) is 0 Å². The Morgan fingerprint density at radius 2 is 2.70 bits per heavy atom. The van der Waals surface area contributed by atoms with E-state index >= 15 is 0 Å². The maximum atomic E-state index is 6.91. The summed E-state index contributed by atoms with van der Waals surface area (Å²) in [6.45, 7) is 0. The lowest BCUT2D eigenvalue weighted by Crippen LogP contribution is -2.03. The van der Waals surface area contributed by atoms with Crippen LogP contribution >= 0.6 is 23.1 Å². The van der Waals surface area contributed by atoms with Crippen LogP contribution in [0.1, 0.15) is 5.01 Å². The fourth-order valence-electron chi connectivity index (χ4n) is 0.464. The Labute approximate surface area is 67.2 Å². The van der Waals surface area contributed by atoms with Crippen molar-refractivity contribution in [1.29, 1.82) is 5.41 Å². The van der Waals surface area contributed by atoms with Gasteiger partial charge in [0.2, 0.25) is 0 Å². The van der Waals surface area contributed by atoms with E-state index in [0.717, 1.165) is 5.01 Å². The molecule has 5 heteroatoms. The Hall–Kier alpha value is -0.550. The van der Waals surface area contributed by atoms with Gasteiger partial charge in [-0.1, -0.05) is 11.8 Å². The van der Waals surface area contributed by atoms with Crippen LogP contribution in [0, 0.1) is 5.41 Å². The van der Waals surface area contributed by atoms with Crippen molar-refractivity contribution in [2.75, 3.05) is 0 Å². The van der Waals surface area contributed by atoms with Crippen LogP contribution in [0.5, 0.6) is 0 Å². The third kappa shape index (κ3) is 2.36. The summed E-state index contributed by atoms with van der Waals surface area (Å²) in [5.74, 6) is 0.715. The molecule has 3 nitrogen and oxygen atoms in total. The molecule has 0 aliphatic heterocycles. The van der Waals surface area contributed by atoms with E-state index in [1.165, 1.54) is 11.8 Å². The third-order valence-electron chi connectivity index (χ3n) is 0.835. The number of nitrogens with one attached hydrogen (secondary N) is 1. The summed E-state index contributed by atoms with van der Waals surface area (Å²) >= 11 is 2.88. The van der Waals surface area contributed by atoms with E-state index in [1.54, 1.807) is 17.5 Å². The fraction of sp³-hybridized carbons (Fsp3) is 0.200. The zero-order chi connectivity index (χ0) is 7.40. The van der Waals surface area contributed by atoms with Gasteiger partial charge in [-0.3, -0.25) is 5.41 Å². The molecular formula is C5H7N3S2. The van der Waals surface area contributed by atoms with Crippen molar-refractivity contribution in [2.45, 2.75) is 5.75 Å². The summed E-state index contributed by atoms with van der Waals surface area (Å²) in [6, 6.07) is 0. The lowest BCUT2D eigenvalue weighted by Gasteiger charge is -1.91. The van der Waals surface area contributed by atoms with Gasteiger partial charge in [-0.05, 0) is 0 Å². The number of hydrogen-bond donors (Lipinski definition) is 2. The number of thiazole rings is 1. The zero-order valence-corrected chi connectivity index (χ0v) is 6.84. The average Bonchev–Trinajstić information content (AvgIpc) is 2.34. The average molecular weight is 173 g/mol. The van der Waals surface area contributed by atoms with Crippen LogP contribution in [0.3, 0.4) is 0 Å². The molecule has 0 unspecified atom stereocenters. The minimum atomic E-state index is 0.148. The number of thioether (sulfide) groups is 1. The van der Waals surface area contributed by atoms with Crippen molar-refractivity contribution in [1.82, 2.24) is 4.98 Å². The van der Waals surface area contributed by atoms with Crippen LogP contribution in [0.4, 0.5) is 0 Å². The summed E-state index contributed by atoms with van der Waals surface area (Å²) in [7, 11) is 0. The topological polar surface area (TPSA) is 62.8 Å². The standard InChI is InChI=1S/C5H7N3S2/c6-5(7)10-3-4-8-1-2-9-4/h1-2H,3H2,(H3,6,7). The summed E-state index contributed by atoms with van der Waals surface area (Å²) < 4.78 is 0. The molecule has 1 aromatic rings. The zero-order valence-electron chi connectivity index (χ0n) is 5.20. The molecule has 0 bridgehead atoms. The highest BCUT2D eigenvalue weighted by molar-refractivity contribution is 8.13. The lowest BCUT2D eigenvalue weighted by atomic mass is 10.8.